The number of benzene rings is 1. The minimum atomic E-state index is -0.259. The summed E-state index contributed by atoms with van der Waals surface area (Å²) in [6, 6.07) is 7.49. The molecule has 0 radical (unpaired) electrons. The highest BCUT2D eigenvalue weighted by molar-refractivity contribution is 7.71. The lowest BCUT2D eigenvalue weighted by molar-refractivity contribution is 0.415. The quantitative estimate of drug-likeness (QED) is 0.833. The molecule has 2 N–H and O–H groups in total. The van der Waals surface area contributed by atoms with Gasteiger partial charge in [-0.3, -0.25) is 9.78 Å². The van der Waals surface area contributed by atoms with Gasteiger partial charge in [0.25, 0.3) is 5.56 Å². The molecule has 1 aromatic carbocycles. The number of nitrogens with one attached hydrogen (secondary N) is 2. The Balaban J connectivity index is 2.12. The summed E-state index contributed by atoms with van der Waals surface area (Å²) >= 11 is 5.04. The number of aromatic nitrogens is 3. The molecule has 1 heterocycles. The van der Waals surface area contributed by atoms with Crippen LogP contribution in [0.15, 0.2) is 29.1 Å². The second-order valence-electron chi connectivity index (χ2n) is 3.91. The van der Waals surface area contributed by atoms with Crippen molar-refractivity contribution in [3.05, 3.63) is 45.1 Å². The maximum atomic E-state index is 11.3. The highest BCUT2D eigenvalue weighted by Gasteiger charge is 2.00. The monoisotopic (exact) mass is 278 g/mol. The first-order valence-corrected chi connectivity index (χ1v) is 6.07. The second kappa shape index (κ2) is 5.66. The van der Waals surface area contributed by atoms with Gasteiger partial charge < -0.3 is 10.1 Å². The summed E-state index contributed by atoms with van der Waals surface area (Å²) in [5.74, 6) is 0.792. The number of anilines is 1. The van der Waals surface area contributed by atoms with Crippen LogP contribution in [0.3, 0.4) is 0 Å². The van der Waals surface area contributed by atoms with Crippen molar-refractivity contribution in [3.63, 3.8) is 0 Å². The number of H-pyrrole nitrogens is 1. The molecule has 0 bridgehead atoms. The summed E-state index contributed by atoms with van der Waals surface area (Å²) in [5.41, 5.74) is 1.03. The molecular formula is C12H14N4O2S. The highest BCUT2D eigenvalue weighted by atomic mass is 32.1. The van der Waals surface area contributed by atoms with E-state index in [1.165, 1.54) is 4.68 Å². The summed E-state index contributed by atoms with van der Waals surface area (Å²) in [7, 11) is 1.62. The zero-order valence-corrected chi connectivity index (χ0v) is 11.5. The Bertz CT molecular complexity index is 675. The van der Waals surface area contributed by atoms with Crippen LogP contribution in [-0.4, -0.2) is 21.9 Å². The SMILES string of the molecule is COc1ccc(NCn2nc(C)c(=O)[nH]c2=S)cc1. The molecule has 19 heavy (non-hydrogen) atoms. The standard InChI is InChI=1S/C12H14N4O2S/c1-8-11(17)14-12(19)16(15-8)7-13-9-3-5-10(18-2)6-4-9/h3-6,13H,7H2,1-2H3,(H,14,17,19). The molecule has 0 unspecified atom stereocenters. The van der Waals surface area contributed by atoms with E-state index in [9.17, 15) is 4.79 Å². The lowest BCUT2D eigenvalue weighted by Crippen LogP contribution is -2.22. The number of hydrogen-bond acceptors (Lipinski definition) is 5. The minimum absolute atomic E-state index is 0.259. The molecule has 1 aromatic heterocycles. The first-order valence-electron chi connectivity index (χ1n) is 5.66. The van der Waals surface area contributed by atoms with Crippen molar-refractivity contribution in [2.75, 3.05) is 12.4 Å². The molecule has 0 aliphatic heterocycles. The van der Waals surface area contributed by atoms with E-state index in [1.807, 2.05) is 24.3 Å². The molecule has 0 atom stereocenters. The van der Waals surface area contributed by atoms with Crippen molar-refractivity contribution < 1.29 is 4.74 Å². The van der Waals surface area contributed by atoms with Gasteiger partial charge >= 0.3 is 0 Å². The predicted molar refractivity (Wildman–Crippen MR) is 75.0 cm³/mol. The fourth-order valence-corrected chi connectivity index (χ4v) is 1.70. The molecule has 0 amide bonds. The van der Waals surface area contributed by atoms with E-state index in [0.29, 0.717) is 12.4 Å². The van der Waals surface area contributed by atoms with E-state index in [4.69, 9.17) is 17.0 Å². The summed E-state index contributed by atoms with van der Waals surface area (Å²) in [5, 5.41) is 7.26. The van der Waals surface area contributed by atoms with Crippen molar-refractivity contribution in [1.29, 1.82) is 0 Å². The Kier molecular flexibility index (Phi) is 3.96. The third kappa shape index (κ3) is 3.19. The summed E-state index contributed by atoms with van der Waals surface area (Å²) in [6.45, 7) is 2.01. The maximum Gasteiger partial charge on any atom is 0.273 e. The van der Waals surface area contributed by atoms with Crippen LogP contribution in [0.2, 0.25) is 0 Å². The van der Waals surface area contributed by atoms with Gasteiger partial charge in [-0.15, -0.1) is 0 Å². The minimum Gasteiger partial charge on any atom is -0.497 e. The van der Waals surface area contributed by atoms with Crippen LogP contribution in [0.5, 0.6) is 5.75 Å². The highest BCUT2D eigenvalue weighted by Crippen LogP contribution is 2.14. The second-order valence-corrected chi connectivity index (χ2v) is 4.29. The van der Waals surface area contributed by atoms with Gasteiger partial charge in [-0.25, -0.2) is 4.68 Å². The lowest BCUT2D eigenvalue weighted by atomic mass is 10.3. The molecule has 0 saturated carbocycles. The number of hydrogen-bond donors (Lipinski definition) is 2. The van der Waals surface area contributed by atoms with Gasteiger partial charge in [-0.1, -0.05) is 0 Å². The van der Waals surface area contributed by atoms with Crippen molar-refractivity contribution >= 4 is 17.9 Å². The zero-order valence-electron chi connectivity index (χ0n) is 10.6. The summed E-state index contributed by atoms with van der Waals surface area (Å²) in [4.78, 5) is 13.9. The van der Waals surface area contributed by atoms with E-state index in [2.05, 4.69) is 15.4 Å². The zero-order chi connectivity index (χ0) is 13.8. The molecule has 100 valence electrons. The van der Waals surface area contributed by atoms with Crippen LogP contribution in [0, 0.1) is 11.7 Å². The fourth-order valence-electron chi connectivity index (χ4n) is 1.51. The molecular weight excluding hydrogens is 264 g/mol. The Morgan fingerprint density at radius 1 is 1.42 bits per heavy atom. The van der Waals surface area contributed by atoms with Gasteiger partial charge in [0.1, 0.15) is 18.1 Å². The molecule has 6 nitrogen and oxygen atoms in total. The van der Waals surface area contributed by atoms with E-state index < -0.39 is 0 Å². The summed E-state index contributed by atoms with van der Waals surface area (Å²) < 4.78 is 6.89. The maximum absolute atomic E-state index is 11.3. The van der Waals surface area contributed by atoms with Gasteiger partial charge in [0, 0.05) is 5.69 Å². The van der Waals surface area contributed by atoms with Crippen LogP contribution in [0.25, 0.3) is 0 Å². The average Bonchev–Trinajstić information content (AvgIpc) is 2.42. The average molecular weight is 278 g/mol. The molecule has 0 aliphatic carbocycles. The van der Waals surface area contributed by atoms with Crippen molar-refractivity contribution in [1.82, 2.24) is 14.8 Å². The van der Waals surface area contributed by atoms with Crippen LogP contribution in [0.1, 0.15) is 5.69 Å². The third-order valence-corrected chi connectivity index (χ3v) is 2.89. The van der Waals surface area contributed by atoms with E-state index >= 15 is 0 Å². The van der Waals surface area contributed by atoms with Crippen molar-refractivity contribution in [2.24, 2.45) is 0 Å². The van der Waals surface area contributed by atoms with E-state index in [-0.39, 0.29) is 10.3 Å². The Morgan fingerprint density at radius 2 is 2.11 bits per heavy atom. The van der Waals surface area contributed by atoms with Crippen LogP contribution in [0.4, 0.5) is 5.69 Å². The topological polar surface area (TPSA) is 71.9 Å². The normalized spacial score (nSPS) is 10.2. The van der Waals surface area contributed by atoms with Crippen LogP contribution >= 0.6 is 12.2 Å². The van der Waals surface area contributed by atoms with Gasteiger partial charge in [-0.2, -0.15) is 5.10 Å². The lowest BCUT2D eigenvalue weighted by Gasteiger charge is -2.09. The van der Waals surface area contributed by atoms with Crippen LogP contribution in [-0.2, 0) is 6.67 Å². The van der Waals surface area contributed by atoms with Gasteiger partial charge in [0.05, 0.1) is 7.11 Å². The smallest absolute Gasteiger partial charge is 0.273 e. The Hall–Kier alpha value is -2.15. The molecule has 7 heteroatoms. The van der Waals surface area contributed by atoms with Crippen molar-refractivity contribution in [2.45, 2.75) is 13.6 Å². The predicted octanol–water partition coefficient (Wildman–Crippen LogP) is 1.69. The number of aromatic amines is 1. The first-order chi connectivity index (χ1) is 9.10. The first kappa shape index (κ1) is 13.3. The number of methoxy groups -OCH3 is 1. The molecule has 0 fully saturated rings. The summed E-state index contributed by atoms with van der Waals surface area (Å²) in [6.07, 6.45) is 0. The molecule has 2 rings (SSSR count). The van der Waals surface area contributed by atoms with Gasteiger partial charge in [0.2, 0.25) is 0 Å². The Morgan fingerprint density at radius 3 is 2.74 bits per heavy atom. The molecule has 2 aromatic rings. The number of ether oxygens (including phenoxy) is 1. The van der Waals surface area contributed by atoms with Gasteiger partial charge in [0.15, 0.2) is 4.77 Å². The third-order valence-electron chi connectivity index (χ3n) is 2.58. The molecule has 0 aliphatic rings. The number of rotatable bonds is 4. The van der Waals surface area contributed by atoms with Crippen LogP contribution < -0.4 is 15.6 Å². The number of aryl methyl sites for hydroxylation is 1. The Labute approximate surface area is 115 Å². The van der Waals surface area contributed by atoms with Crippen molar-refractivity contribution in [3.8, 4) is 5.75 Å². The van der Waals surface area contributed by atoms with Gasteiger partial charge in [-0.05, 0) is 43.4 Å². The van der Waals surface area contributed by atoms with E-state index in [1.54, 1.807) is 14.0 Å². The fraction of sp³-hybridized carbons (Fsp3) is 0.250. The molecule has 0 saturated heterocycles. The largest absolute Gasteiger partial charge is 0.497 e. The van der Waals surface area contributed by atoms with E-state index in [0.717, 1.165) is 11.4 Å². The number of nitrogens with zero attached hydrogens (tertiary/aromatic N) is 2. The molecule has 0 spiro atoms.